The lowest BCUT2D eigenvalue weighted by atomic mass is 9.44. The van der Waals surface area contributed by atoms with Gasteiger partial charge in [0.25, 0.3) is 0 Å². The Hall–Kier alpha value is -0.660. The molecule has 3 spiro atoms. The number of carbonyl (C=O) groups excluding carboxylic acids is 1. The molecule has 0 amide bonds. The van der Waals surface area contributed by atoms with Gasteiger partial charge in [0.15, 0.2) is 11.2 Å². The Labute approximate surface area is 168 Å². The molecule has 4 heterocycles. The van der Waals surface area contributed by atoms with E-state index in [-0.39, 0.29) is 35.4 Å². The minimum Gasteiger partial charge on any atom is -0.458 e. The van der Waals surface area contributed by atoms with Gasteiger partial charge in [-0.2, -0.15) is 0 Å². The normalized spacial score (nSPS) is 62.6. The average Bonchev–Trinajstić information content (AvgIpc) is 3.54. The van der Waals surface area contributed by atoms with Gasteiger partial charge in [0.2, 0.25) is 0 Å². The van der Waals surface area contributed by atoms with E-state index in [1.807, 2.05) is 13.8 Å². The SMILES string of the molecule is CC(C)[C@]1(O)[C@H](Cl)[C@@H]2O[C@]23[C@]2(O[C@H]2C[C@H]2C4=C(CC[C@@]23C)C(=O)OC4)[C@]12CO2. The fourth-order valence-corrected chi connectivity index (χ4v) is 8.74. The second-order valence-corrected chi connectivity index (χ2v) is 10.9. The van der Waals surface area contributed by atoms with Crippen molar-refractivity contribution in [2.75, 3.05) is 13.2 Å². The number of halogens is 1. The summed E-state index contributed by atoms with van der Waals surface area (Å²) in [6.45, 7) is 7.10. The Morgan fingerprint density at radius 3 is 2.68 bits per heavy atom. The lowest BCUT2D eigenvalue weighted by molar-refractivity contribution is -0.152. The number of cyclic esters (lactones) is 1. The monoisotopic (exact) mass is 408 g/mol. The van der Waals surface area contributed by atoms with Crippen molar-refractivity contribution in [3.63, 3.8) is 0 Å². The van der Waals surface area contributed by atoms with Crippen molar-refractivity contribution < 1.29 is 28.8 Å². The Kier molecular flexibility index (Phi) is 2.65. The van der Waals surface area contributed by atoms with Crippen LogP contribution < -0.4 is 0 Å². The van der Waals surface area contributed by atoms with Gasteiger partial charge in [-0.05, 0) is 36.7 Å². The minimum atomic E-state index is -1.19. The highest BCUT2D eigenvalue weighted by Gasteiger charge is 3.03. The number of hydrogen-bond donors (Lipinski definition) is 1. The molecule has 7 heteroatoms. The van der Waals surface area contributed by atoms with Gasteiger partial charge in [-0.3, -0.25) is 0 Å². The van der Waals surface area contributed by atoms with Crippen molar-refractivity contribution in [1.29, 1.82) is 0 Å². The van der Waals surface area contributed by atoms with Gasteiger partial charge >= 0.3 is 5.97 Å². The number of fused-ring (bicyclic) bond motifs is 2. The molecule has 3 aliphatic carbocycles. The highest BCUT2D eigenvalue weighted by Crippen LogP contribution is 2.84. The van der Waals surface area contributed by atoms with E-state index in [4.69, 9.17) is 30.5 Å². The zero-order valence-electron chi connectivity index (χ0n) is 16.3. The fraction of sp³-hybridized carbons (Fsp3) is 0.857. The van der Waals surface area contributed by atoms with Crippen LogP contribution in [0.15, 0.2) is 11.1 Å². The number of rotatable bonds is 1. The van der Waals surface area contributed by atoms with Crippen LogP contribution in [0.4, 0.5) is 0 Å². The zero-order chi connectivity index (χ0) is 19.5. The summed E-state index contributed by atoms with van der Waals surface area (Å²) < 4.78 is 24.5. The molecule has 3 saturated heterocycles. The molecule has 9 atom stereocenters. The Balaban J connectivity index is 1.42. The quantitative estimate of drug-likeness (QED) is 0.404. The molecule has 7 rings (SSSR count). The summed E-state index contributed by atoms with van der Waals surface area (Å²) in [6.07, 6.45) is 2.04. The maximum absolute atomic E-state index is 12.2. The summed E-state index contributed by atoms with van der Waals surface area (Å²) >= 11 is 6.96. The first-order chi connectivity index (χ1) is 13.2. The summed E-state index contributed by atoms with van der Waals surface area (Å²) in [5.41, 5.74) is -1.43. The highest BCUT2D eigenvalue weighted by molar-refractivity contribution is 6.22. The molecule has 28 heavy (non-hydrogen) atoms. The standard InChI is InChI=1S/C21H25ClO6/c1-9(2)19(24)14(22)15-21(28-15)17(3)5-4-10-11(7-25-16(10)23)12(17)6-13-20(21,27-13)18(19)8-26-18/h9,12-15,24H,4-8H2,1-3H3/t12-,13-,14+,15-,17-,18-,19-,20+,21+/m0/s1. The minimum absolute atomic E-state index is 0.0462. The molecule has 0 bridgehead atoms. The lowest BCUT2D eigenvalue weighted by Gasteiger charge is -2.57. The van der Waals surface area contributed by atoms with Gasteiger partial charge in [-0.15, -0.1) is 11.6 Å². The molecule has 152 valence electrons. The summed E-state index contributed by atoms with van der Waals surface area (Å²) in [7, 11) is 0. The van der Waals surface area contributed by atoms with Crippen LogP contribution in [-0.2, 0) is 23.7 Å². The number of hydrogen-bond acceptors (Lipinski definition) is 6. The molecule has 0 aromatic rings. The second-order valence-electron chi connectivity index (χ2n) is 10.4. The van der Waals surface area contributed by atoms with Crippen LogP contribution in [0.1, 0.15) is 40.0 Å². The van der Waals surface area contributed by atoms with Gasteiger partial charge in [0.05, 0.1) is 18.1 Å². The number of carbonyl (C=O) groups is 1. The van der Waals surface area contributed by atoms with Crippen LogP contribution in [0.3, 0.4) is 0 Å². The number of epoxide rings is 3. The summed E-state index contributed by atoms with van der Waals surface area (Å²) in [6, 6.07) is 0. The van der Waals surface area contributed by atoms with Crippen LogP contribution >= 0.6 is 11.6 Å². The molecular formula is C21H25ClO6. The smallest absolute Gasteiger partial charge is 0.334 e. The Bertz CT molecular complexity index is 880. The molecule has 4 aliphatic heterocycles. The topological polar surface area (TPSA) is 84.1 Å². The number of esters is 1. The number of aliphatic hydroxyl groups is 1. The third-order valence-corrected chi connectivity index (χ3v) is 10.1. The van der Waals surface area contributed by atoms with Gasteiger partial charge in [0, 0.05) is 11.0 Å². The number of ether oxygens (including phenoxy) is 4. The van der Waals surface area contributed by atoms with Crippen molar-refractivity contribution >= 4 is 17.6 Å². The van der Waals surface area contributed by atoms with E-state index >= 15 is 0 Å². The third-order valence-electron chi connectivity index (χ3n) is 9.55. The van der Waals surface area contributed by atoms with Crippen molar-refractivity contribution in [2.24, 2.45) is 17.3 Å². The molecule has 7 aliphatic rings. The van der Waals surface area contributed by atoms with E-state index in [0.29, 0.717) is 19.6 Å². The van der Waals surface area contributed by atoms with Crippen molar-refractivity contribution in [2.45, 2.75) is 80.0 Å². The molecule has 0 aromatic heterocycles. The average molecular weight is 409 g/mol. The predicted molar refractivity (Wildman–Crippen MR) is 96.8 cm³/mol. The first-order valence-electron chi connectivity index (χ1n) is 10.5. The predicted octanol–water partition coefficient (Wildman–Crippen LogP) is 1.71. The van der Waals surface area contributed by atoms with E-state index < -0.39 is 27.8 Å². The second kappa shape index (κ2) is 4.35. The third kappa shape index (κ3) is 1.30. The summed E-state index contributed by atoms with van der Waals surface area (Å²) in [5, 5.41) is 11.2. The molecule has 0 radical (unpaired) electrons. The Morgan fingerprint density at radius 1 is 1.25 bits per heavy atom. The Morgan fingerprint density at radius 2 is 2.00 bits per heavy atom. The van der Waals surface area contributed by atoms with Crippen LogP contribution in [0.25, 0.3) is 0 Å². The van der Waals surface area contributed by atoms with Crippen LogP contribution in [0, 0.1) is 17.3 Å². The van der Waals surface area contributed by atoms with Gasteiger partial charge in [0.1, 0.15) is 23.9 Å². The fourth-order valence-electron chi connectivity index (χ4n) is 8.08. The van der Waals surface area contributed by atoms with Gasteiger partial charge in [-0.1, -0.05) is 20.8 Å². The molecule has 6 nitrogen and oxygen atoms in total. The van der Waals surface area contributed by atoms with E-state index in [1.165, 1.54) is 0 Å². The first-order valence-corrected chi connectivity index (χ1v) is 10.9. The number of alkyl halides is 1. The van der Waals surface area contributed by atoms with Crippen molar-refractivity contribution in [1.82, 2.24) is 0 Å². The molecule has 5 fully saturated rings. The van der Waals surface area contributed by atoms with E-state index in [1.54, 1.807) is 0 Å². The van der Waals surface area contributed by atoms with Gasteiger partial charge < -0.3 is 24.1 Å². The van der Waals surface area contributed by atoms with Crippen LogP contribution in [-0.4, -0.2) is 64.3 Å². The molecule has 2 saturated carbocycles. The van der Waals surface area contributed by atoms with E-state index in [2.05, 4.69) is 6.92 Å². The summed E-state index contributed by atoms with van der Waals surface area (Å²) in [4.78, 5) is 12.2. The maximum atomic E-state index is 12.2. The molecule has 1 N–H and O–H groups in total. The first kappa shape index (κ1) is 17.1. The molecule has 0 unspecified atom stereocenters. The van der Waals surface area contributed by atoms with Gasteiger partial charge in [-0.25, -0.2) is 4.79 Å². The molecule has 0 aromatic carbocycles. The van der Waals surface area contributed by atoms with Crippen molar-refractivity contribution in [3.05, 3.63) is 11.1 Å². The maximum Gasteiger partial charge on any atom is 0.334 e. The zero-order valence-corrected chi connectivity index (χ0v) is 17.0. The van der Waals surface area contributed by atoms with Crippen LogP contribution in [0.5, 0.6) is 0 Å². The molecular weight excluding hydrogens is 384 g/mol. The van der Waals surface area contributed by atoms with Crippen molar-refractivity contribution in [3.8, 4) is 0 Å². The van der Waals surface area contributed by atoms with E-state index in [9.17, 15) is 9.90 Å². The summed E-state index contributed by atoms with van der Waals surface area (Å²) in [5.74, 6) is -0.0596. The largest absolute Gasteiger partial charge is 0.458 e. The van der Waals surface area contributed by atoms with E-state index in [0.717, 1.165) is 24.0 Å². The van der Waals surface area contributed by atoms with Crippen LogP contribution in [0.2, 0.25) is 0 Å². The highest BCUT2D eigenvalue weighted by atomic mass is 35.5. The lowest BCUT2D eigenvalue weighted by Crippen LogP contribution is -2.77.